The largest absolute Gasteiger partial charge is 0.344 e. The molecule has 0 saturated heterocycles. The highest BCUT2D eigenvalue weighted by Crippen LogP contribution is 2.32. The lowest BCUT2D eigenvalue weighted by Gasteiger charge is -2.16. The van der Waals surface area contributed by atoms with Crippen LogP contribution in [-0.2, 0) is 12.8 Å². The molecule has 0 spiro atoms. The molecule has 2 aromatic carbocycles. The minimum atomic E-state index is -0.371. The van der Waals surface area contributed by atoms with E-state index in [1.807, 2.05) is 62.0 Å². The Bertz CT molecular complexity index is 1280. The third kappa shape index (κ3) is 3.77. The summed E-state index contributed by atoms with van der Waals surface area (Å²) < 4.78 is 16.9. The van der Waals surface area contributed by atoms with Gasteiger partial charge in [0.25, 0.3) is 5.56 Å². The molecular weight excluding hydrogens is 421 g/mol. The SMILES string of the molecule is CC(C)n1c(SCc2ccc(F)cc2Cl)nc2c(-c3ccccc3)cn(C)c2c1=O. The normalized spacial score (nSPS) is 11.5. The zero-order valence-electron chi connectivity index (χ0n) is 16.9. The number of hydrogen-bond donors (Lipinski definition) is 0. The van der Waals surface area contributed by atoms with Crippen LogP contribution in [0.3, 0.4) is 0 Å². The first-order valence-electron chi connectivity index (χ1n) is 9.60. The van der Waals surface area contributed by atoms with Gasteiger partial charge in [-0.25, -0.2) is 9.37 Å². The van der Waals surface area contributed by atoms with Crippen molar-refractivity contribution < 1.29 is 4.39 Å². The summed E-state index contributed by atoms with van der Waals surface area (Å²) in [5, 5.41) is 0.984. The highest BCUT2D eigenvalue weighted by atomic mass is 35.5. The Morgan fingerprint density at radius 2 is 1.90 bits per heavy atom. The second-order valence-corrected chi connectivity index (χ2v) is 8.75. The van der Waals surface area contributed by atoms with Crippen LogP contribution in [0.5, 0.6) is 0 Å². The molecule has 2 heterocycles. The van der Waals surface area contributed by atoms with Crippen LogP contribution in [0.25, 0.3) is 22.2 Å². The molecule has 2 aromatic heterocycles. The Kier molecular flexibility index (Phi) is 5.71. The Morgan fingerprint density at radius 1 is 1.17 bits per heavy atom. The van der Waals surface area contributed by atoms with Crippen LogP contribution >= 0.6 is 23.4 Å². The average molecular weight is 442 g/mol. The van der Waals surface area contributed by atoms with Gasteiger partial charge in [0.15, 0.2) is 5.16 Å². The van der Waals surface area contributed by atoms with Gasteiger partial charge in [-0.1, -0.05) is 59.8 Å². The summed E-state index contributed by atoms with van der Waals surface area (Å²) in [6.45, 7) is 3.93. The first-order chi connectivity index (χ1) is 14.4. The fourth-order valence-corrected chi connectivity index (χ4v) is 4.94. The molecule has 0 atom stereocenters. The molecule has 0 aliphatic rings. The Morgan fingerprint density at radius 3 is 2.57 bits per heavy atom. The minimum Gasteiger partial charge on any atom is -0.344 e. The third-order valence-corrected chi connectivity index (χ3v) is 6.32. The zero-order valence-corrected chi connectivity index (χ0v) is 18.5. The van der Waals surface area contributed by atoms with E-state index in [4.69, 9.17) is 16.6 Å². The van der Waals surface area contributed by atoms with Crippen LogP contribution in [0, 0.1) is 5.82 Å². The molecule has 0 saturated carbocycles. The highest BCUT2D eigenvalue weighted by Gasteiger charge is 2.20. The number of aryl methyl sites for hydroxylation is 1. The highest BCUT2D eigenvalue weighted by molar-refractivity contribution is 7.98. The maximum absolute atomic E-state index is 13.4. The molecule has 0 aliphatic carbocycles. The van der Waals surface area contributed by atoms with E-state index >= 15 is 0 Å². The Labute approximate surface area is 183 Å². The van der Waals surface area contributed by atoms with E-state index in [0.717, 1.165) is 16.7 Å². The summed E-state index contributed by atoms with van der Waals surface area (Å²) >= 11 is 7.61. The molecule has 0 radical (unpaired) electrons. The quantitative estimate of drug-likeness (QED) is 0.279. The van der Waals surface area contributed by atoms with Gasteiger partial charge >= 0.3 is 0 Å². The standard InChI is InChI=1S/C23H21ClFN3OS/c1-14(2)28-22(29)21-20(18(12-27(21)3)15-7-5-4-6-8-15)26-23(28)30-13-16-9-10-17(25)11-19(16)24/h4-12,14H,13H2,1-3H3. The van der Waals surface area contributed by atoms with Gasteiger partial charge < -0.3 is 4.57 Å². The van der Waals surface area contributed by atoms with Crippen molar-refractivity contribution >= 4 is 34.4 Å². The lowest BCUT2D eigenvalue weighted by molar-refractivity contribution is 0.517. The average Bonchev–Trinajstić information content (AvgIpc) is 3.04. The summed E-state index contributed by atoms with van der Waals surface area (Å²) in [7, 11) is 1.87. The Hall–Kier alpha value is -2.57. The maximum atomic E-state index is 13.4. The topological polar surface area (TPSA) is 39.8 Å². The summed E-state index contributed by atoms with van der Waals surface area (Å²) in [6.07, 6.45) is 1.95. The summed E-state index contributed by atoms with van der Waals surface area (Å²) in [5.41, 5.74) is 3.90. The number of benzene rings is 2. The van der Waals surface area contributed by atoms with Crippen molar-refractivity contribution in [2.45, 2.75) is 30.8 Å². The summed E-state index contributed by atoms with van der Waals surface area (Å²) in [6, 6.07) is 14.2. The van der Waals surface area contributed by atoms with E-state index < -0.39 is 0 Å². The lowest BCUT2D eigenvalue weighted by Crippen LogP contribution is -2.26. The van der Waals surface area contributed by atoms with Gasteiger partial charge in [-0.15, -0.1) is 0 Å². The predicted molar refractivity (Wildman–Crippen MR) is 122 cm³/mol. The van der Waals surface area contributed by atoms with E-state index in [1.165, 1.54) is 23.9 Å². The van der Waals surface area contributed by atoms with Crippen molar-refractivity contribution in [3.8, 4) is 11.1 Å². The number of aromatic nitrogens is 3. The molecule has 0 unspecified atom stereocenters. The van der Waals surface area contributed by atoms with Crippen molar-refractivity contribution in [2.75, 3.05) is 0 Å². The zero-order chi connectivity index (χ0) is 21.4. The summed E-state index contributed by atoms with van der Waals surface area (Å²) in [4.78, 5) is 18.3. The van der Waals surface area contributed by atoms with Crippen LogP contribution in [0.1, 0.15) is 25.5 Å². The van der Waals surface area contributed by atoms with E-state index in [-0.39, 0.29) is 17.4 Å². The van der Waals surface area contributed by atoms with Crippen molar-refractivity contribution in [2.24, 2.45) is 7.05 Å². The number of hydrogen-bond acceptors (Lipinski definition) is 3. The van der Waals surface area contributed by atoms with Gasteiger partial charge in [0.2, 0.25) is 0 Å². The van der Waals surface area contributed by atoms with Crippen molar-refractivity contribution in [3.63, 3.8) is 0 Å². The first kappa shape index (κ1) is 20.7. The van der Waals surface area contributed by atoms with Crippen LogP contribution in [-0.4, -0.2) is 14.1 Å². The maximum Gasteiger partial charge on any atom is 0.278 e. The van der Waals surface area contributed by atoms with Gasteiger partial charge in [-0.05, 0) is 37.1 Å². The van der Waals surface area contributed by atoms with Gasteiger partial charge in [-0.2, -0.15) is 0 Å². The van der Waals surface area contributed by atoms with Gasteiger partial charge in [0, 0.05) is 35.6 Å². The second-order valence-electron chi connectivity index (χ2n) is 7.40. The molecule has 0 bridgehead atoms. The molecule has 154 valence electrons. The third-order valence-electron chi connectivity index (χ3n) is 4.96. The number of halogens is 2. The molecule has 0 fully saturated rings. The minimum absolute atomic E-state index is 0.0596. The number of fused-ring (bicyclic) bond motifs is 1. The molecule has 4 rings (SSSR count). The molecule has 0 aliphatic heterocycles. The molecule has 4 aromatic rings. The van der Waals surface area contributed by atoms with Gasteiger partial charge in [0.05, 0.1) is 0 Å². The lowest BCUT2D eigenvalue weighted by atomic mass is 10.1. The molecule has 4 nitrogen and oxygen atoms in total. The molecule has 30 heavy (non-hydrogen) atoms. The molecule has 0 amide bonds. The van der Waals surface area contributed by atoms with E-state index in [1.54, 1.807) is 10.6 Å². The van der Waals surface area contributed by atoms with Crippen molar-refractivity contribution in [3.05, 3.63) is 81.5 Å². The fourth-order valence-electron chi connectivity index (χ4n) is 3.50. The Balaban J connectivity index is 1.85. The molecular formula is C23H21ClFN3OS. The van der Waals surface area contributed by atoms with Gasteiger partial charge in [0.1, 0.15) is 16.9 Å². The van der Waals surface area contributed by atoms with Crippen molar-refractivity contribution in [1.82, 2.24) is 14.1 Å². The summed E-state index contributed by atoms with van der Waals surface area (Å²) in [5.74, 6) is 0.112. The fraction of sp³-hybridized carbons (Fsp3) is 0.217. The monoisotopic (exact) mass is 441 g/mol. The first-order valence-corrected chi connectivity index (χ1v) is 11.0. The number of thioether (sulfide) groups is 1. The van der Waals surface area contributed by atoms with E-state index in [9.17, 15) is 9.18 Å². The molecule has 7 heteroatoms. The van der Waals surface area contributed by atoms with Crippen LogP contribution < -0.4 is 5.56 Å². The molecule has 0 N–H and O–H groups in total. The van der Waals surface area contributed by atoms with Crippen LogP contribution in [0.4, 0.5) is 4.39 Å². The van der Waals surface area contributed by atoms with E-state index in [2.05, 4.69) is 0 Å². The van der Waals surface area contributed by atoms with Crippen LogP contribution in [0.2, 0.25) is 5.02 Å². The van der Waals surface area contributed by atoms with Crippen LogP contribution in [0.15, 0.2) is 64.7 Å². The predicted octanol–water partition coefficient (Wildman–Crippen LogP) is 6.07. The number of rotatable bonds is 5. The second kappa shape index (κ2) is 8.28. The van der Waals surface area contributed by atoms with Gasteiger partial charge in [-0.3, -0.25) is 9.36 Å². The van der Waals surface area contributed by atoms with E-state index in [0.29, 0.717) is 27.0 Å². The van der Waals surface area contributed by atoms with Crippen molar-refractivity contribution in [1.29, 1.82) is 0 Å². The smallest absolute Gasteiger partial charge is 0.278 e. The number of nitrogens with zero attached hydrogens (tertiary/aromatic N) is 3.